The summed E-state index contributed by atoms with van der Waals surface area (Å²) in [7, 11) is 0. The highest BCUT2D eigenvalue weighted by atomic mass is 19.1. The minimum atomic E-state index is -2.28. The van der Waals surface area contributed by atoms with Crippen molar-refractivity contribution in [2.75, 3.05) is 18.4 Å². The molecule has 1 saturated carbocycles. The molecular formula is C26H35FN4O3. The largest absolute Gasteiger partial charge is 0.350 e. The van der Waals surface area contributed by atoms with Gasteiger partial charge in [0, 0.05) is 30.6 Å². The molecule has 2 fully saturated rings. The molecule has 0 bridgehead atoms. The number of hydrogen-bond donors (Lipinski definition) is 2. The first-order valence-electron chi connectivity index (χ1n) is 11.9. The van der Waals surface area contributed by atoms with Gasteiger partial charge in [-0.15, -0.1) is 0 Å². The van der Waals surface area contributed by atoms with Crippen LogP contribution in [0.15, 0.2) is 29.3 Å². The van der Waals surface area contributed by atoms with Gasteiger partial charge < -0.3 is 15.5 Å². The Morgan fingerprint density at radius 3 is 2.65 bits per heavy atom. The number of carbonyl (C=O) groups excluding carboxylic acids is 3. The van der Waals surface area contributed by atoms with Crippen molar-refractivity contribution in [2.24, 2.45) is 27.7 Å². The first-order chi connectivity index (χ1) is 15.8. The van der Waals surface area contributed by atoms with Gasteiger partial charge in [-0.2, -0.15) is 0 Å². The molecule has 0 radical (unpaired) electrons. The van der Waals surface area contributed by atoms with E-state index in [-0.39, 0.29) is 53.0 Å². The molecule has 1 aromatic carbocycles. The molecule has 7 nitrogen and oxygen atoms in total. The van der Waals surface area contributed by atoms with Gasteiger partial charge in [-0.05, 0) is 35.4 Å². The summed E-state index contributed by atoms with van der Waals surface area (Å²) >= 11 is 0. The number of fused-ring (bicyclic) bond motifs is 2. The van der Waals surface area contributed by atoms with E-state index in [1.165, 1.54) is 0 Å². The number of aliphatic imine (C=N–C) groups is 1. The summed E-state index contributed by atoms with van der Waals surface area (Å²) in [6.45, 7) is 14.4. The van der Waals surface area contributed by atoms with E-state index in [1.54, 1.807) is 29.2 Å². The summed E-state index contributed by atoms with van der Waals surface area (Å²) in [5.74, 6) is -0.778. The zero-order chi connectivity index (χ0) is 25.1. The minimum Gasteiger partial charge on any atom is -0.350 e. The molecule has 3 amide bonds. The van der Waals surface area contributed by atoms with Crippen LogP contribution in [-0.2, 0) is 20.1 Å². The third-order valence-corrected chi connectivity index (χ3v) is 7.66. The molecule has 2 heterocycles. The number of alkyl halides is 1. The van der Waals surface area contributed by atoms with Crippen LogP contribution in [0.25, 0.3) is 0 Å². The summed E-state index contributed by atoms with van der Waals surface area (Å²) in [6.07, 6.45) is 0.0829. The third kappa shape index (κ3) is 4.12. The molecule has 1 unspecified atom stereocenters. The minimum absolute atomic E-state index is 0.0295. The van der Waals surface area contributed by atoms with E-state index in [1.807, 2.05) is 20.8 Å². The maximum Gasteiger partial charge on any atom is 0.266 e. The van der Waals surface area contributed by atoms with E-state index in [4.69, 9.17) is 0 Å². The number of nitrogens with one attached hydrogen (secondary N) is 2. The van der Waals surface area contributed by atoms with Crippen LogP contribution in [0.4, 0.5) is 10.1 Å². The van der Waals surface area contributed by atoms with E-state index >= 15 is 4.39 Å². The number of likely N-dealkylation sites (tertiary alicyclic amines) is 1. The van der Waals surface area contributed by atoms with Crippen molar-refractivity contribution < 1.29 is 18.8 Å². The van der Waals surface area contributed by atoms with Crippen molar-refractivity contribution >= 4 is 30.1 Å². The van der Waals surface area contributed by atoms with Gasteiger partial charge in [0.1, 0.15) is 6.04 Å². The molecule has 8 heteroatoms. The molecule has 2 N–H and O–H groups in total. The number of benzene rings is 1. The van der Waals surface area contributed by atoms with Gasteiger partial charge in [-0.1, -0.05) is 52.8 Å². The third-order valence-electron chi connectivity index (χ3n) is 7.66. The number of nitrogens with zero attached hydrogens (tertiary/aromatic N) is 2. The van der Waals surface area contributed by atoms with Crippen molar-refractivity contribution in [3.63, 3.8) is 0 Å². The lowest BCUT2D eigenvalue weighted by atomic mass is 9.89. The number of para-hydroxylation sites is 1. The average molecular weight is 471 g/mol. The average Bonchev–Trinajstić information content (AvgIpc) is 3.04. The topological polar surface area (TPSA) is 90.9 Å². The SMILES string of the molecule is C=NC[C@H](CC1(F)C(=O)Nc2ccccc21)NC(=O)[C@@H]1[C@@H]2[C@H](CN1C(=O)CC(C)(C)C)C2(C)C. The molecule has 3 aliphatic rings. The highest BCUT2D eigenvalue weighted by Crippen LogP contribution is 2.65. The van der Waals surface area contributed by atoms with E-state index in [0.717, 1.165) is 0 Å². The van der Waals surface area contributed by atoms with E-state index in [0.29, 0.717) is 18.7 Å². The van der Waals surface area contributed by atoms with Gasteiger partial charge in [-0.3, -0.25) is 19.4 Å². The van der Waals surface area contributed by atoms with E-state index in [9.17, 15) is 14.4 Å². The van der Waals surface area contributed by atoms with E-state index in [2.05, 4.69) is 36.2 Å². The van der Waals surface area contributed by atoms with Crippen LogP contribution in [0.3, 0.4) is 0 Å². The highest BCUT2D eigenvalue weighted by Gasteiger charge is 2.69. The van der Waals surface area contributed by atoms with Gasteiger partial charge in [0.05, 0.1) is 12.6 Å². The highest BCUT2D eigenvalue weighted by molar-refractivity contribution is 6.05. The number of halogens is 1. The van der Waals surface area contributed by atoms with Gasteiger partial charge >= 0.3 is 0 Å². The van der Waals surface area contributed by atoms with Crippen LogP contribution in [-0.4, -0.2) is 54.5 Å². The van der Waals surface area contributed by atoms with Gasteiger partial charge in [0.25, 0.3) is 5.91 Å². The number of piperidine rings is 1. The standard InChI is InChI=1S/C26H35FN4O3/c1-24(2,3)12-19(32)31-14-17-20(25(17,4)5)21(31)22(33)29-15(13-28-6)11-26(27)16-9-7-8-10-18(16)30-23(26)34/h7-10,15,17,20-21H,6,11-14H2,1-5H3,(H,29,33)(H,30,34)/t15-,17-,20-,21-,26?/m0/s1. The summed E-state index contributed by atoms with van der Waals surface area (Å²) in [6, 6.07) is 5.29. The summed E-state index contributed by atoms with van der Waals surface area (Å²) < 4.78 is 16.0. The first-order valence-corrected chi connectivity index (χ1v) is 11.9. The van der Waals surface area contributed by atoms with Crippen LogP contribution in [0.5, 0.6) is 0 Å². The Labute approximate surface area is 200 Å². The number of amides is 3. The lowest BCUT2D eigenvalue weighted by molar-refractivity contribution is -0.142. The Morgan fingerprint density at radius 2 is 2.00 bits per heavy atom. The summed E-state index contributed by atoms with van der Waals surface area (Å²) in [4.78, 5) is 44.8. The molecule has 2 aliphatic heterocycles. The fourth-order valence-corrected chi connectivity index (χ4v) is 5.83. The smallest absolute Gasteiger partial charge is 0.266 e. The quantitative estimate of drug-likeness (QED) is 0.599. The molecule has 0 aromatic heterocycles. The van der Waals surface area contributed by atoms with Crippen LogP contribution in [0, 0.1) is 22.7 Å². The van der Waals surface area contributed by atoms with Gasteiger partial charge in [-0.25, -0.2) is 4.39 Å². The fraction of sp³-hybridized carbons (Fsp3) is 0.615. The van der Waals surface area contributed by atoms with Crippen molar-refractivity contribution in [3.05, 3.63) is 29.8 Å². The lowest BCUT2D eigenvalue weighted by Gasteiger charge is -2.33. The molecule has 184 valence electrons. The normalized spacial score (nSPS) is 29.6. The number of rotatable bonds is 7. The Morgan fingerprint density at radius 1 is 1.32 bits per heavy atom. The molecule has 1 aromatic rings. The second-order valence-electron chi connectivity index (χ2n) is 11.8. The Bertz CT molecular complexity index is 1030. The summed E-state index contributed by atoms with van der Waals surface area (Å²) in [5, 5.41) is 5.51. The van der Waals surface area contributed by atoms with Crippen molar-refractivity contribution in [1.82, 2.24) is 10.2 Å². The number of anilines is 1. The molecule has 1 saturated heterocycles. The van der Waals surface area contributed by atoms with Crippen molar-refractivity contribution in [2.45, 2.75) is 65.2 Å². The van der Waals surface area contributed by atoms with Gasteiger partial charge in [0.2, 0.25) is 17.5 Å². The van der Waals surface area contributed by atoms with Crippen LogP contribution in [0.2, 0.25) is 0 Å². The summed E-state index contributed by atoms with van der Waals surface area (Å²) in [5.41, 5.74) is -1.81. The monoisotopic (exact) mass is 470 g/mol. The molecular weight excluding hydrogens is 435 g/mol. The van der Waals surface area contributed by atoms with Gasteiger partial charge in [0.15, 0.2) is 0 Å². The van der Waals surface area contributed by atoms with Crippen molar-refractivity contribution in [1.29, 1.82) is 0 Å². The predicted molar refractivity (Wildman–Crippen MR) is 129 cm³/mol. The van der Waals surface area contributed by atoms with E-state index < -0.39 is 23.7 Å². The maximum absolute atomic E-state index is 16.0. The first kappa shape index (κ1) is 24.4. The van der Waals surface area contributed by atoms with Crippen LogP contribution in [0.1, 0.15) is 53.0 Å². The molecule has 4 rings (SSSR count). The van der Waals surface area contributed by atoms with Crippen LogP contribution >= 0.6 is 0 Å². The second kappa shape index (κ2) is 8.17. The Hall–Kier alpha value is -2.77. The molecule has 34 heavy (non-hydrogen) atoms. The maximum atomic E-state index is 16.0. The second-order valence-corrected chi connectivity index (χ2v) is 11.8. The Balaban J connectivity index is 1.54. The number of carbonyl (C=O) groups is 3. The Kier molecular flexibility index (Phi) is 5.85. The lowest BCUT2D eigenvalue weighted by Crippen LogP contribution is -2.54. The number of hydrogen-bond acceptors (Lipinski definition) is 4. The molecule has 0 spiro atoms. The zero-order valence-electron chi connectivity index (χ0n) is 20.7. The zero-order valence-corrected chi connectivity index (χ0v) is 20.7. The molecule has 1 aliphatic carbocycles. The predicted octanol–water partition coefficient (Wildman–Crippen LogP) is 3.30. The molecule has 5 atom stereocenters. The van der Waals surface area contributed by atoms with Crippen LogP contribution < -0.4 is 10.6 Å². The van der Waals surface area contributed by atoms with Crippen molar-refractivity contribution in [3.8, 4) is 0 Å². The fourth-order valence-electron chi connectivity index (χ4n) is 5.83.